The summed E-state index contributed by atoms with van der Waals surface area (Å²) in [6, 6.07) is 13.5. The predicted molar refractivity (Wildman–Crippen MR) is 89.7 cm³/mol. The summed E-state index contributed by atoms with van der Waals surface area (Å²) in [7, 11) is 0. The van der Waals surface area contributed by atoms with E-state index in [1.54, 1.807) is 12.1 Å². The number of aryl methyl sites for hydroxylation is 1. The summed E-state index contributed by atoms with van der Waals surface area (Å²) in [6.45, 7) is 3.18. The molecule has 0 aromatic heterocycles. The molecule has 2 aromatic rings. The van der Waals surface area contributed by atoms with Crippen molar-refractivity contribution in [2.24, 2.45) is 5.92 Å². The fraction of sp³-hybridized carbons (Fsp3) is 0.300. The van der Waals surface area contributed by atoms with Gasteiger partial charge in [0.2, 0.25) is 5.91 Å². The van der Waals surface area contributed by atoms with Gasteiger partial charge in [-0.05, 0) is 48.1 Å². The Morgan fingerprint density at radius 2 is 1.88 bits per heavy atom. The zero-order valence-corrected chi connectivity index (χ0v) is 13.5. The average Bonchev–Trinajstić information content (AvgIpc) is 3.25. The van der Waals surface area contributed by atoms with Gasteiger partial charge in [-0.2, -0.15) is 0 Å². The third kappa shape index (κ3) is 2.58. The maximum atomic E-state index is 12.8. The first-order valence-electron chi connectivity index (χ1n) is 8.23. The number of carbonyl (C=O) groups excluding carboxylic acids is 1. The summed E-state index contributed by atoms with van der Waals surface area (Å²) in [5, 5.41) is 9.09. The smallest absolute Gasteiger partial charge is 0.335 e. The molecule has 1 amide bonds. The van der Waals surface area contributed by atoms with Gasteiger partial charge in [0.25, 0.3) is 0 Å². The molecule has 2 aromatic carbocycles. The second kappa shape index (κ2) is 5.48. The van der Waals surface area contributed by atoms with Crippen LogP contribution in [0.1, 0.15) is 45.0 Å². The van der Waals surface area contributed by atoms with Crippen molar-refractivity contribution in [2.75, 3.05) is 0 Å². The Bertz CT molecular complexity index is 843. The lowest BCUT2D eigenvalue weighted by atomic mass is 10.1. The fourth-order valence-corrected chi connectivity index (χ4v) is 3.65. The molecule has 4 heteroatoms. The van der Waals surface area contributed by atoms with Gasteiger partial charge in [0, 0.05) is 19.0 Å². The third-order valence-electron chi connectivity index (χ3n) is 5.07. The molecular weight excluding hydrogens is 302 g/mol. The number of rotatable bonds is 3. The molecule has 2 atom stereocenters. The molecule has 2 aliphatic rings. The number of hydrogen-bond acceptors (Lipinski definition) is 2. The van der Waals surface area contributed by atoms with Crippen LogP contribution in [0.4, 0.5) is 0 Å². The second-order valence-corrected chi connectivity index (χ2v) is 6.85. The molecule has 1 fully saturated rings. The average molecular weight is 321 g/mol. The Kier molecular flexibility index (Phi) is 3.41. The van der Waals surface area contributed by atoms with Crippen LogP contribution in [0.5, 0.6) is 0 Å². The normalized spacial score (nSPS) is 21.5. The number of amides is 1. The van der Waals surface area contributed by atoms with E-state index in [0.717, 1.165) is 17.5 Å². The molecule has 1 aliphatic carbocycles. The highest BCUT2D eigenvalue weighted by atomic mass is 16.4. The number of carboxylic acids is 1. The molecule has 0 saturated heterocycles. The van der Waals surface area contributed by atoms with E-state index in [-0.39, 0.29) is 17.4 Å². The fourth-order valence-electron chi connectivity index (χ4n) is 3.65. The SMILES string of the molecule is Cc1cccc([C@@H]2C[C@H]2C(=O)N2Cc3ccc(C(=O)O)cc3C2)c1. The van der Waals surface area contributed by atoms with Crippen molar-refractivity contribution in [2.45, 2.75) is 32.4 Å². The first-order chi connectivity index (χ1) is 11.5. The van der Waals surface area contributed by atoms with E-state index in [1.807, 2.05) is 17.0 Å². The van der Waals surface area contributed by atoms with Crippen molar-refractivity contribution in [3.63, 3.8) is 0 Å². The number of fused-ring (bicyclic) bond motifs is 1. The van der Waals surface area contributed by atoms with Crippen LogP contribution in [0.25, 0.3) is 0 Å². The van der Waals surface area contributed by atoms with Gasteiger partial charge in [0.15, 0.2) is 0 Å². The molecule has 0 spiro atoms. The molecule has 1 heterocycles. The van der Waals surface area contributed by atoms with E-state index < -0.39 is 5.97 Å². The van der Waals surface area contributed by atoms with Crippen molar-refractivity contribution >= 4 is 11.9 Å². The minimum atomic E-state index is -0.927. The number of hydrogen-bond donors (Lipinski definition) is 1. The molecule has 24 heavy (non-hydrogen) atoms. The zero-order chi connectivity index (χ0) is 16.8. The Morgan fingerprint density at radius 1 is 1.08 bits per heavy atom. The maximum Gasteiger partial charge on any atom is 0.335 e. The molecule has 1 aliphatic heterocycles. The van der Waals surface area contributed by atoms with Crippen LogP contribution in [0, 0.1) is 12.8 Å². The molecular formula is C20H19NO3. The van der Waals surface area contributed by atoms with Crippen molar-refractivity contribution in [3.8, 4) is 0 Å². The van der Waals surface area contributed by atoms with Crippen LogP contribution in [-0.4, -0.2) is 21.9 Å². The minimum Gasteiger partial charge on any atom is -0.478 e. The Morgan fingerprint density at radius 3 is 2.62 bits per heavy atom. The van der Waals surface area contributed by atoms with Crippen LogP contribution in [0.15, 0.2) is 42.5 Å². The molecule has 1 N–H and O–H groups in total. The lowest BCUT2D eigenvalue weighted by Gasteiger charge is -2.15. The molecule has 122 valence electrons. The highest BCUT2D eigenvalue weighted by Gasteiger charge is 2.46. The van der Waals surface area contributed by atoms with E-state index in [9.17, 15) is 9.59 Å². The van der Waals surface area contributed by atoms with Gasteiger partial charge in [0.05, 0.1) is 5.56 Å². The molecule has 0 unspecified atom stereocenters. The number of nitrogens with zero attached hydrogens (tertiary/aromatic N) is 1. The molecule has 4 rings (SSSR count). The summed E-state index contributed by atoms with van der Waals surface area (Å²) in [5.74, 6) is -0.338. The van der Waals surface area contributed by atoms with Crippen molar-refractivity contribution in [1.82, 2.24) is 4.90 Å². The van der Waals surface area contributed by atoms with E-state index >= 15 is 0 Å². The Hall–Kier alpha value is -2.62. The van der Waals surface area contributed by atoms with Crippen molar-refractivity contribution in [1.29, 1.82) is 0 Å². The van der Waals surface area contributed by atoms with Crippen LogP contribution >= 0.6 is 0 Å². The quantitative estimate of drug-likeness (QED) is 0.943. The number of carbonyl (C=O) groups is 2. The number of carboxylic acid groups (broad SMARTS) is 1. The van der Waals surface area contributed by atoms with Crippen LogP contribution in [-0.2, 0) is 17.9 Å². The third-order valence-corrected chi connectivity index (χ3v) is 5.07. The standard InChI is InChI=1S/C20H19NO3/c1-12-3-2-4-13(7-12)17-9-18(17)19(22)21-10-15-6-5-14(20(23)24)8-16(15)11-21/h2-8,17-18H,9-11H2,1H3,(H,23,24)/t17-,18+/m0/s1. The summed E-state index contributed by atoms with van der Waals surface area (Å²) < 4.78 is 0. The van der Waals surface area contributed by atoms with Crippen LogP contribution < -0.4 is 0 Å². The van der Waals surface area contributed by atoms with Gasteiger partial charge in [-0.3, -0.25) is 4.79 Å². The number of benzene rings is 2. The zero-order valence-electron chi connectivity index (χ0n) is 13.5. The Labute approximate surface area is 140 Å². The van der Waals surface area contributed by atoms with E-state index in [4.69, 9.17) is 5.11 Å². The van der Waals surface area contributed by atoms with Gasteiger partial charge in [0.1, 0.15) is 0 Å². The maximum absolute atomic E-state index is 12.8. The van der Waals surface area contributed by atoms with Gasteiger partial charge < -0.3 is 10.0 Å². The monoisotopic (exact) mass is 321 g/mol. The first kappa shape index (κ1) is 14.9. The molecule has 0 bridgehead atoms. The summed E-state index contributed by atoms with van der Waals surface area (Å²) in [5.41, 5.74) is 4.77. The second-order valence-electron chi connectivity index (χ2n) is 6.85. The first-order valence-corrected chi connectivity index (χ1v) is 8.23. The van der Waals surface area contributed by atoms with E-state index in [0.29, 0.717) is 19.0 Å². The van der Waals surface area contributed by atoms with Crippen molar-refractivity contribution < 1.29 is 14.7 Å². The molecule has 1 saturated carbocycles. The van der Waals surface area contributed by atoms with Crippen LogP contribution in [0.3, 0.4) is 0 Å². The van der Waals surface area contributed by atoms with Gasteiger partial charge >= 0.3 is 5.97 Å². The van der Waals surface area contributed by atoms with Crippen molar-refractivity contribution in [3.05, 3.63) is 70.3 Å². The topological polar surface area (TPSA) is 57.6 Å². The predicted octanol–water partition coefficient (Wildman–Crippen LogP) is 3.34. The van der Waals surface area contributed by atoms with Crippen LogP contribution in [0.2, 0.25) is 0 Å². The van der Waals surface area contributed by atoms with Gasteiger partial charge in [-0.25, -0.2) is 4.79 Å². The highest BCUT2D eigenvalue weighted by Crippen LogP contribution is 2.49. The summed E-state index contributed by atoms with van der Waals surface area (Å²) in [6.07, 6.45) is 0.912. The number of aromatic carboxylic acids is 1. The summed E-state index contributed by atoms with van der Waals surface area (Å²) in [4.78, 5) is 25.7. The van der Waals surface area contributed by atoms with Gasteiger partial charge in [-0.15, -0.1) is 0 Å². The van der Waals surface area contributed by atoms with E-state index in [2.05, 4.69) is 25.1 Å². The molecule has 0 radical (unpaired) electrons. The largest absolute Gasteiger partial charge is 0.478 e. The lowest BCUT2D eigenvalue weighted by molar-refractivity contribution is -0.133. The molecule has 4 nitrogen and oxygen atoms in total. The van der Waals surface area contributed by atoms with E-state index in [1.165, 1.54) is 11.1 Å². The van der Waals surface area contributed by atoms with Gasteiger partial charge in [-0.1, -0.05) is 35.9 Å². The minimum absolute atomic E-state index is 0.0695. The Balaban J connectivity index is 1.46. The highest BCUT2D eigenvalue weighted by molar-refractivity contribution is 5.88. The summed E-state index contributed by atoms with van der Waals surface area (Å²) >= 11 is 0. The lowest BCUT2D eigenvalue weighted by Crippen LogP contribution is -2.27.